The number of nitrogens with zero attached hydrogens (tertiary/aromatic N) is 2. The molecule has 0 radical (unpaired) electrons. The maximum absolute atomic E-state index is 11.7. The van der Waals surface area contributed by atoms with Crippen LogP contribution < -0.4 is 0 Å². The van der Waals surface area contributed by atoms with Gasteiger partial charge in [0, 0.05) is 26.2 Å². The molecule has 1 N–H and O–H groups in total. The van der Waals surface area contributed by atoms with Gasteiger partial charge in [0.1, 0.15) is 0 Å². The highest BCUT2D eigenvalue weighted by atomic mass is 16.4. The zero-order chi connectivity index (χ0) is 11.7. The van der Waals surface area contributed by atoms with Crippen molar-refractivity contribution in [2.24, 2.45) is 11.8 Å². The Morgan fingerprint density at radius 3 is 2.44 bits per heavy atom. The number of rotatable bonds is 3. The lowest BCUT2D eigenvalue weighted by molar-refractivity contribution is -0.142. The van der Waals surface area contributed by atoms with Gasteiger partial charge in [-0.1, -0.05) is 6.92 Å². The van der Waals surface area contributed by atoms with Crippen LogP contribution in [0.1, 0.15) is 13.3 Å². The Hall–Kier alpha value is -1.10. The van der Waals surface area contributed by atoms with Crippen LogP contribution in [0.3, 0.4) is 0 Å². The average molecular weight is 226 g/mol. The third-order valence-corrected chi connectivity index (χ3v) is 3.57. The van der Waals surface area contributed by atoms with Crippen molar-refractivity contribution >= 4 is 11.9 Å². The molecule has 2 fully saturated rings. The molecule has 2 saturated heterocycles. The van der Waals surface area contributed by atoms with Crippen LogP contribution in [-0.2, 0) is 9.59 Å². The van der Waals surface area contributed by atoms with Gasteiger partial charge in [-0.2, -0.15) is 0 Å². The van der Waals surface area contributed by atoms with Gasteiger partial charge >= 0.3 is 5.97 Å². The quantitative estimate of drug-likeness (QED) is 0.728. The third-order valence-electron chi connectivity index (χ3n) is 3.57. The molecule has 2 aliphatic rings. The van der Waals surface area contributed by atoms with Crippen LogP contribution in [0.2, 0.25) is 0 Å². The maximum Gasteiger partial charge on any atom is 0.308 e. The summed E-state index contributed by atoms with van der Waals surface area (Å²) in [7, 11) is 0. The fraction of sp³-hybridized carbons (Fsp3) is 0.818. The molecule has 0 aliphatic carbocycles. The van der Waals surface area contributed by atoms with Gasteiger partial charge in [0.25, 0.3) is 0 Å². The second kappa shape index (κ2) is 4.41. The summed E-state index contributed by atoms with van der Waals surface area (Å²) in [4.78, 5) is 26.4. The molecule has 5 heteroatoms. The van der Waals surface area contributed by atoms with E-state index in [4.69, 9.17) is 5.11 Å². The number of carboxylic acid groups (broad SMARTS) is 1. The highest BCUT2D eigenvalue weighted by molar-refractivity contribution is 5.79. The Morgan fingerprint density at radius 1 is 1.31 bits per heavy atom. The normalized spacial score (nSPS) is 30.2. The van der Waals surface area contributed by atoms with Crippen LogP contribution in [0.4, 0.5) is 0 Å². The summed E-state index contributed by atoms with van der Waals surface area (Å²) < 4.78 is 0. The van der Waals surface area contributed by atoms with E-state index in [2.05, 4.69) is 0 Å². The molecule has 0 spiro atoms. The Kier molecular flexibility index (Phi) is 3.14. The maximum atomic E-state index is 11.7. The molecular formula is C11H18N2O3. The van der Waals surface area contributed by atoms with Crippen LogP contribution in [0.15, 0.2) is 0 Å². The first-order chi connectivity index (χ1) is 7.58. The van der Waals surface area contributed by atoms with Crippen LogP contribution >= 0.6 is 0 Å². The Balaban J connectivity index is 1.83. The summed E-state index contributed by atoms with van der Waals surface area (Å²) >= 11 is 0. The topological polar surface area (TPSA) is 60.9 Å². The van der Waals surface area contributed by atoms with E-state index in [0.717, 1.165) is 26.1 Å². The van der Waals surface area contributed by atoms with Gasteiger partial charge in [0.05, 0.1) is 12.5 Å². The van der Waals surface area contributed by atoms with Gasteiger partial charge in [-0.3, -0.25) is 14.5 Å². The monoisotopic (exact) mass is 226 g/mol. The van der Waals surface area contributed by atoms with E-state index in [1.54, 1.807) is 0 Å². The van der Waals surface area contributed by atoms with Crippen molar-refractivity contribution in [2.75, 3.05) is 32.7 Å². The van der Waals surface area contributed by atoms with Gasteiger partial charge in [0.15, 0.2) is 0 Å². The largest absolute Gasteiger partial charge is 0.481 e. The molecule has 16 heavy (non-hydrogen) atoms. The molecular weight excluding hydrogens is 208 g/mol. The van der Waals surface area contributed by atoms with Crippen molar-refractivity contribution in [2.45, 2.75) is 13.3 Å². The van der Waals surface area contributed by atoms with Crippen LogP contribution in [0.5, 0.6) is 0 Å². The molecule has 2 rings (SSSR count). The Morgan fingerprint density at radius 2 is 2.00 bits per heavy atom. The first-order valence-electron chi connectivity index (χ1n) is 5.81. The van der Waals surface area contributed by atoms with E-state index in [-0.39, 0.29) is 17.7 Å². The number of aliphatic carboxylic acids is 1. The van der Waals surface area contributed by atoms with Gasteiger partial charge < -0.3 is 10.0 Å². The third kappa shape index (κ3) is 2.19. The van der Waals surface area contributed by atoms with Crippen molar-refractivity contribution in [1.82, 2.24) is 9.80 Å². The van der Waals surface area contributed by atoms with E-state index in [1.807, 2.05) is 16.7 Å². The molecule has 2 aliphatic heterocycles. The SMILES string of the molecule is CC1CN(CC(=O)N2CCC2)CC1C(=O)O. The summed E-state index contributed by atoms with van der Waals surface area (Å²) in [5, 5.41) is 8.98. The predicted octanol–water partition coefficient (Wildman–Crippen LogP) is -0.129. The Labute approximate surface area is 95.0 Å². The van der Waals surface area contributed by atoms with E-state index in [0.29, 0.717) is 13.1 Å². The number of carboxylic acids is 1. The molecule has 0 aromatic heterocycles. The minimum Gasteiger partial charge on any atom is -0.481 e. The predicted molar refractivity (Wildman–Crippen MR) is 57.9 cm³/mol. The van der Waals surface area contributed by atoms with Crippen LogP contribution in [0, 0.1) is 11.8 Å². The standard InChI is InChI=1S/C11H18N2O3/c1-8-5-12(6-9(8)11(15)16)7-10(14)13-3-2-4-13/h8-9H,2-7H2,1H3,(H,15,16). The fourth-order valence-corrected chi connectivity index (χ4v) is 2.37. The number of likely N-dealkylation sites (tertiary alicyclic amines) is 2. The molecule has 0 aromatic carbocycles. The number of amides is 1. The average Bonchev–Trinajstić information content (AvgIpc) is 2.43. The minimum atomic E-state index is -0.744. The van der Waals surface area contributed by atoms with Crippen LogP contribution in [0.25, 0.3) is 0 Å². The summed E-state index contributed by atoms with van der Waals surface area (Å²) in [6.07, 6.45) is 1.10. The van der Waals surface area contributed by atoms with Gasteiger partial charge in [-0.25, -0.2) is 0 Å². The highest BCUT2D eigenvalue weighted by Crippen LogP contribution is 2.23. The van der Waals surface area contributed by atoms with Gasteiger partial charge in [-0.05, 0) is 12.3 Å². The minimum absolute atomic E-state index is 0.140. The number of hydrogen-bond acceptors (Lipinski definition) is 3. The van der Waals surface area contributed by atoms with E-state index in [1.165, 1.54) is 0 Å². The van der Waals surface area contributed by atoms with E-state index < -0.39 is 5.97 Å². The van der Waals surface area contributed by atoms with Crippen molar-refractivity contribution in [1.29, 1.82) is 0 Å². The number of carbonyl (C=O) groups is 2. The molecule has 2 heterocycles. The summed E-state index contributed by atoms with van der Waals surface area (Å²) in [5.41, 5.74) is 0. The van der Waals surface area contributed by atoms with E-state index in [9.17, 15) is 9.59 Å². The smallest absolute Gasteiger partial charge is 0.308 e. The molecule has 2 atom stereocenters. The summed E-state index contributed by atoms with van der Waals surface area (Å²) in [6, 6.07) is 0. The first kappa shape index (κ1) is 11.4. The zero-order valence-electron chi connectivity index (χ0n) is 9.56. The lowest BCUT2D eigenvalue weighted by Crippen LogP contribution is -2.46. The molecule has 5 nitrogen and oxygen atoms in total. The molecule has 1 amide bonds. The van der Waals surface area contributed by atoms with Crippen molar-refractivity contribution in [3.05, 3.63) is 0 Å². The molecule has 90 valence electrons. The van der Waals surface area contributed by atoms with Crippen LogP contribution in [-0.4, -0.2) is 59.5 Å². The van der Waals surface area contributed by atoms with Crippen molar-refractivity contribution in [3.8, 4) is 0 Å². The second-order valence-electron chi connectivity index (χ2n) is 4.85. The van der Waals surface area contributed by atoms with Crippen molar-refractivity contribution < 1.29 is 14.7 Å². The van der Waals surface area contributed by atoms with Gasteiger partial charge in [0.2, 0.25) is 5.91 Å². The Bertz CT molecular complexity index is 302. The van der Waals surface area contributed by atoms with Crippen molar-refractivity contribution in [3.63, 3.8) is 0 Å². The second-order valence-corrected chi connectivity index (χ2v) is 4.85. The molecule has 2 unspecified atom stereocenters. The zero-order valence-corrected chi connectivity index (χ0v) is 9.56. The van der Waals surface area contributed by atoms with Gasteiger partial charge in [-0.15, -0.1) is 0 Å². The lowest BCUT2D eigenvalue weighted by atomic mass is 9.99. The number of hydrogen-bond donors (Lipinski definition) is 1. The molecule has 0 saturated carbocycles. The highest BCUT2D eigenvalue weighted by Gasteiger charge is 2.36. The molecule has 0 bridgehead atoms. The first-order valence-corrected chi connectivity index (χ1v) is 5.81. The number of carbonyl (C=O) groups excluding carboxylic acids is 1. The van der Waals surface area contributed by atoms with E-state index >= 15 is 0 Å². The summed E-state index contributed by atoms with van der Waals surface area (Å²) in [6.45, 7) is 5.28. The molecule has 0 aromatic rings. The summed E-state index contributed by atoms with van der Waals surface area (Å²) in [5.74, 6) is -0.776. The lowest BCUT2D eigenvalue weighted by Gasteiger charge is -2.32. The fourth-order valence-electron chi connectivity index (χ4n) is 2.37.